The lowest BCUT2D eigenvalue weighted by Gasteiger charge is -2.02. The van der Waals surface area contributed by atoms with Gasteiger partial charge < -0.3 is 0 Å². The molecule has 0 amide bonds. The first-order chi connectivity index (χ1) is 11.3. The Labute approximate surface area is 154 Å². The van der Waals surface area contributed by atoms with Gasteiger partial charge in [-0.2, -0.15) is 0 Å². The fourth-order valence-corrected chi connectivity index (χ4v) is 2.89. The van der Waals surface area contributed by atoms with Crippen LogP contribution in [0.25, 0.3) is 0 Å². The summed E-state index contributed by atoms with van der Waals surface area (Å²) in [6.07, 6.45) is 16.1. The third-order valence-electron chi connectivity index (χ3n) is 3.87. The van der Waals surface area contributed by atoms with Gasteiger partial charge in [-0.15, -0.1) is 0 Å². The van der Waals surface area contributed by atoms with Crippen molar-refractivity contribution in [1.29, 1.82) is 0 Å². The van der Waals surface area contributed by atoms with Gasteiger partial charge >= 0.3 is 0 Å². The van der Waals surface area contributed by atoms with E-state index in [1.54, 1.807) is 6.92 Å². The topological polar surface area (TPSA) is 17.1 Å². The van der Waals surface area contributed by atoms with E-state index in [0.29, 0.717) is 0 Å². The van der Waals surface area contributed by atoms with Gasteiger partial charge in [-0.1, -0.05) is 58.4 Å². The molecule has 24 heavy (non-hydrogen) atoms. The monoisotopic (exact) mass is 348 g/mol. The quantitative estimate of drug-likeness (QED) is 0.361. The number of carbonyl (C=O) groups is 1. The molecule has 0 saturated carbocycles. The third kappa shape index (κ3) is 15.9. The van der Waals surface area contributed by atoms with Gasteiger partial charge in [0, 0.05) is 12.7 Å². The Bertz CT molecular complexity index is 488. The Hall–Kier alpha value is -1.02. The normalized spacial score (nSPS) is 13.2. The second kappa shape index (κ2) is 14.3. The smallest absolute Gasteiger partial charge is 0.186 e. The van der Waals surface area contributed by atoms with Gasteiger partial charge in [0.05, 0.1) is 0 Å². The molecule has 1 nitrogen and oxygen atoms in total. The van der Waals surface area contributed by atoms with Crippen molar-refractivity contribution < 1.29 is 4.79 Å². The molecule has 0 aliphatic heterocycles. The third-order valence-corrected chi connectivity index (χ3v) is 4.61. The van der Waals surface area contributed by atoms with E-state index in [1.165, 1.54) is 40.5 Å². The molecule has 0 N–H and O–H groups in total. The highest BCUT2D eigenvalue weighted by Crippen LogP contribution is 2.14. The van der Waals surface area contributed by atoms with E-state index >= 15 is 0 Å². The lowest BCUT2D eigenvalue weighted by atomic mass is 10.0. The van der Waals surface area contributed by atoms with E-state index in [4.69, 9.17) is 0 Å². The fraction of sp³-hybridized carbons (Fsp3) is 0.591. The van der Waals surface area contributed by atoms with Gasteiger partial charge in [0.25, 0.3) is 0 Å². The molecular weight excluding hydrogens is 312 g/mol. The first kappa shape index (κ1) is 23.0. The van der Waals surface area contributed by atoms with Crippen LogP contribution in [0.3, 0.4) is 0 Å². The van der Waals surface area contributed by atoms with Crippen molar-refractivity contribution in [2.45, 2.75) is 80.1 Å². The predicted octanol–water partition coefficient (Wildman–Crippen LogP) is 7.41. The maximum absolute atomic E-state index is 10.9. The van der Waals surface area contributed by atoms with Crippen molar-refractivity contribution in [3.8, 4) is 0 Å². The van der Waals surface area contributed by atoms with Crippen molar-refractivity contribution in [3.05, 3.63) is 46.6 Å². The molecule has 0 fully saturated rings. The van der Waals surface area contributed by atoms with Crippen LogP contribution >= 0.6 is 11.8 Å². The van der Waals surface area contributed by atoms with Crippen molar-refractivity contribution in [2.75, 3.05) is 5.75 Å². The molecule has 0 radical (unpaired) electrons. The number of thioether (sulfide) groups is 1. The molecule has 0 heterocycles. The highest BCUT2D eigenvalue weighted by molar-refractivity contribution is 8.13. The molecule has 136 valence electrons. The van der Waals surface area contributed by atoms with Crippen LogP contribution in [0.15, 0.2) is 46.6 Å². The zero-order valence-corrected chi connectivity index (χ0v) is 17.4. The molecule has 0 rings (SSSR count). The Kier molecular flexibility index (Phi) is 13.7. The Morgan fingerprint density at radius 2 is 1.08 bits per heavy atom. The van der Waals surface area contributed by atoms with E-state index < -0.39 is 0 Å². The molecule has 0 bridgehead atoms. The summed E-state index contributed by atoms with van der Waals surface area (Å²) in [6.45, 7) is 12.6. The van der Waals surface area contributed by atoms with E-state index in [1.807, 2.05) is 0 Å². The van der Waals surface area contributed by atoms with Crippen LogP contribution in [-0.2, 0) is 4.79 Å². The minimum Gasteiger partial charge on any atom is -0.288 e. The van der Waals surface area contributed by atoms with Crippen LogP contribution in [0.1, 0.15) is 80.1 Å². The number of hydrogen-bond acceptors (Lipinski definition) is 2. The fourth-order valence-electron chi connectivity index (χ4n) is 2.29. The maximum atomic E-state index is 10.9. The molecule has 0 saturated heterocycles. The maximum Gasteiger partial charge on any atom is 0.186 e. The molecule has 2 heteroatoms. The summed E-state index contributed by atoms with van der Waals surface area (Å²) in [5.41, 5.74) is 5.77. The summed E-state index contributed by atoms with van der Waals surface area (Å²) in [6, 6.07) is 0. The minimum absolute atomic E-state index is 0.194. The summed E-state index contributed by atoms with van der Waals surface area (Å²) >= 11 is 1.38. The SMILES string of the molecule is CC(=O)SCC=C(C)CCC=C(C)CCC=C(C)CCC=C(C)C. The van der Waals surface area contributed by atoms with Crippen LogP contribution < -0.4 is 0 Å². The van der Waals surface area contributed by atoms with Crippen molar-refractivity contribution in [2.24, 2.45) is 0 Å². The van der Waals surface area contributed by atoms with Gasteiger partial charge in [0.15, 0.2) is 5.12 Å². The molecule has 0 spiro atoms. The first-order valence-electron chi connectivity index (χ1n) is 9.05. The molecule has 0 aromatic heterocycles. The number of allylic oxidation sites excluding steroid dienone is 7. The Morgan fingerprint density at radius 1 is 0.667 bits per heavy atom. The summed E-state index contributed by atoms with van der Waals surface area (Å²) < 4.78 is 0. The van der Waals surface area contributed by atoms with E-state index in [0.717, 1.165) is 37.9 Å². The minimum atomic E-state index is 0.194. The van der Waals surface area contributed by atoms with Gasteiger partial charge in [-0.05, 0) is 73.1 Å². The number of rotatable bonds is 11. The van der Waals surface area contributed by atoms with Gasteiger partial charge in [0.1, 0.15) is 0 Å². The van der Waals surface area contributed by atoms with Gasteiger partial charge in [-0.25, -0.2) is 0 Å². The summed E-state index contributed by atoms with van der Waals surface area (Å²) in [4.78, 5) is 10.9. The molecule has 0 unspecified atom stereocenters. The predicted molar refractivity (Wildman–Crippen MR) is 112 cm³/mol. The van der Waals surface area contributed by atoms with Crippen molar-refractivity contribution >= 4 is 16.9 Å². The van der Waals surface area contributed by atoms with E-state index in [-0.39, 0.29) is 5.12 Å². The van der Waals surface area contributed by atoms with Crippen LogP contribution in [0, 0.1) is 0 Å². The van der Waals surface area contributed by atoms with Crippen LogP contribution in [0.5, 0.6) is 0 Å². The number of carbonyl (C=O) groups excluding carboxylic acids is 1. The second-order valence-corrected chi connectivity index (χ2v) is 8.05. The average molecular weight is 349 g/mol. The lowest BCUT2D eigenvalue weighted by molar-refractivity contribution is -0.109. The first-order valence-corrected chi connectivity index (χ1v) is 10.0. The molecule has 0 aromatic rings. The molecule has 0 aliphatic rings. The molecule has 0 aromatic carbocycles. The van der Waals surface area contributed by atoms with E-state index in [9.17, 15) is 4.79 Å². The summed E-state index contributed by atoms with van der Waals surface area (Å²) in [5.74, 6) is 0.806. The van der Waals surface area contributed by atoms with Crippen LogP contribution in [-0.4, -0.2) is 10.9 Å². The highest BCUT2D eigenvalue weighted by Gasteiger charge is 1.95. The highest BCUT2D eigenvalue weighted by atomic mass is 32.2. The Balaban J connectivity index is 3.98. The zero-order chi connectivity index (χ0) is 18.4. The largest absolute Gasteiger partial charge is 0.288 e. The summed E-state index contributed by atoms with van der Waals surface area (Å²) in [7, 11) is 0. The van der Waals surface area contributed by atoms with Gasteiger partial charge in [0.2, 0.25) is 0 Å². The molecule has 0 atom stereocenters. The zero-order valence-electron chi connectivity index (χ0n) is 16.6. The van der Waals surface area contributed by atoms with Crippen molar-refractivity contribution in [3.63, 3.8) is 0 Å². The lowest BCUT2D eigenvalue weighted by Crippen LogP contribution is -1.85. The Morgan fingerprint density at radius 3 is 1.50 bits per heavy atom. The summed E-state index contributed by atoms with van der Waals surface area (Å²) in [5, 5.41) is 0.194. The standard InChI is InChI=1S/C22H36OS/c1-18(2)10-7-11-19(3)12-8-13-20(4)14-9-15-21(5)16-17-24-22(6)23/h10,12,14,16H,7-9,11,13,15,17H2,1-6H3. The van der Waals surface area contributed by atoms with Crippen LogP contribution in [0.4, 0.5) is 0 Å². The van der Waals surface area contributed by atoms with Crippen LogP contribution in [0.2, 0.25) is 0 Å². The number of hydrogen-bond donors (Lipinski definition) is 0. The van der Waals surface area contributed by atoms with E-state index in [2.05, 4.69) is 58.9 Å². The van der Waals surface area contributed by atoms with Crippen molar-refractivity contribution in [1.82, 2.24) is 0 Å². The van der Waals surface area contributed by atoms with Gasteiger partial charge in [-0.3, -0.25) is 4.79 Å². The molecular formula is C22H36OS. The second-order valence-electron chi connectivity index (χ2n) is 6.85. The average Bonchev–Trinajstić information content (AvgIpc) is 2.46. The molecule has 0 aliphatic carbocycles.